The van der Waals surface area contributed by atoms with Crippen LogP contribution in [-0.4, -0.2) is 14.2 Å². The first-order valence-corrected chi connectivity index (χ1v) is 16.4. The molecule has 7 rings (SSSR count). The van der Waals surface area contributed by atoms with Crippen molar-refractivity contribution in [3.05, 3.63) is 157 Å². The van der Waals surface area contributed by atoms with Crippen molar-refractivity contribution < 1.29 is 9.47 Å². The van der Waals surface area contributed by atoms with E-state index in [1.54, 1.807) is 14.2 Å². The van der Waals surface area contributed by atoms with Gasteiger partial charge in [-0.15, -0.1) is 0 Å². The van der Waals surface area contributed by atoms with Crippen LogP contribution in [0.1, 0.15) is 37.8 Å². The summed E-state index contributed by atoms with van der Waals surface area (Å²) >= 11 is 0. The van der Waals surface area contributed by atoms with E-state index in [1.165, 1.54) is 22.3 Å². The highest BCUT2D eigenvalue weighted by molar-refractivity contribution is 5.88. The van der Waals surface area contributed by atoms with Crippen molar-refractivity contribution in [1.82, 2.24) is 0 Å². The summed E-state index contributed by atoms with van der Waals surface area (Å²) in [5.74, 6) is 1.69. The lowest BCUT2D eigenvalue weighted by atomic mass is 9.73. The van der Waals surface area contributed by atoms with Crippen molar-refractivity contribution in [2.24, 2.45) is 0 Å². The molecule has 0 aromatic heterocycles. The Morgan fingerprint density at radius 1 is 0.426 bits per heavy atom. The summed E-state index contributed by atoms with van der Waals surface area (Å²) in [6.45, 7) is 4.66. The van der Waals surface area contributed by atoms with Crippen LogP contribution < -0.4 is 19.3 Å². The Bertz CT molecular complexity index is 1820. The molecule has 0 fully saturated rings. The number of para-hydroxylation sites is 2. The molecule has 0 heterocycles. The zero-order valence-electron chi connectivity index (χ0n) is 27.5. The van der Waals surface area contributed by atoms with Crippen LogP contribution in [0.2, 0.25) is 0 Å². The predicted octanol–water partition coefficient (Wildman–Crippen LogP) is 11.7. The van der Waals surface area contributed by atoms with Gasteiger partial charge in [-0.3, -0.25) is 0 Å². The van der Waals surface area contributed by atoms with Gasteiger partial charge in [-0.05, 0) is 132 Å². The number of nitrogens with zero attached hydrogens (tertiary/aromatic N) is 2. The van der Waals surface area contributed by atoms with E-state index in [0.717, 1.165) is 58.5 Å². The van der Waals surface area contributed by atoms with Crippen LogP contribution in [-0.2, 0) is 5.41 Å². The smallest absolute Gasteiger partial charge is 0.119 e. The zero-order chi connectivity index (χ0) is 32.4. The van der Waals surface area contributed by atoms with Crippen molar-refractivity contribution >= 4 is 34.1 Å². The third kappa shape index (κ3) is 5.30. The van der Waals surface area contributed by atoms with Crippen LogP contribution in [0.15, 0.2) is 146 Å². The van der Waals surface area contributed by atoms with E-state index in [4.69, 9.17) is 9.47 Å². The molecule has 4 nitrogen and oxygen atoms in total. The Balaban J connectivity index is 1.36. The third-order valence-corrected chi connectivity index (χ3v) is 9.74. The molecule has 0 saturated heterocycles. The SMILES string of the molecule is CCC1(CC)c2cc(N(c3ccccc3)c3ccc(OC)cc3)ccc2-c2ccc(N(c3ccccc3)c3ccc(OC)cc3)cc21. The summed E-state index contributed by atoms with van der Waals surface area (Å²) in [7, 11) is 3.41. The lowest BCUT2D eigenvalue weighted by molar-refractivity contribution is 0.414. The first-order valence-electron chi connectivity index (χ1n) is 16.4. The minimum Gasteiger partial charge on any atom is -0.497 e. The highest BCUT2D eigenvalue weighted by Crippen LogP contribution is 2.55. The van der Waals surface area contributed by atoms with Crippen LogP contribution in [0.4, 0.5) is 34.1 Å². The number of fused-ring (bicyclic) bond motifs is 3. The van der Waals surface area contributed by atoms with Gasteiger partial charge >= 0.3 is 0 Å². The largest absolute Gasteiger partial charge is 0.497 e. The number of ether oxygens (including phenoxy) is 2. The van der Waals surface area contributed by atoms with Crippen LogP contribution in [0.3, 0.4) is 0 Å². The van der Waals surface area contributed by atoms with Gasteiger partial charge in [-0.25, -0.2) is 0 Å². The summed E-state index contributed by atoms with van der Waals surface area (Å²) in [6, 6.07) is 51.9. The Morgan fingerprint density at radius 3 is 1.11 bits per heavy atom. The van der Waals surface area contributed by atoms with Gasteiger partial charge in [-0.1, -0.05) is 62.4 Å². The van der Waals surface area contributed by atoms with Gasteiger partial charge in [0, 0.05) is 39.5 Å². The molecule has 6 aromatic rings. The monoisotopic (exact) mass is 616 g/mol. The van der Waals surface area contributed by atoms with Gasteiger partial charge in [0.15, 0.2) is 0 Å². The summed E-state index contributed by atoms with van der Waals surface area (Å²) in [5, 5.41) is 0. The number of rotatable bonds is 10. The number of hydrogen-bond donors (Lipinski definition) is 0. The second-order valence-corrected chi connectivity index (χ2v) is 12.0. The van der Waals surface area contributed by atoms with E-state index in [1.807, 2.05) is 24.3 Å². The molecule has 4 heteroatoms. The highest BCUT2D eigenvalue weighted by Gasteiger charge is 2.41. The van der Waals surface area contributed by atoms with Crippen LogP contribution >= 0.6 is 0 Å². The molecule has 1 aliphatic carbocycles. The number of benzene rings is 6. The van der Waals surface area contributed by atoms with Gasteiger partial charge in [0.05, 0.1) is 14.2 Å². The van der Waals surface area contributed by atoms with Crippen molar-refractivity contribution in [3.63, 3.8) is 0 Å². The maximum absolute atomic E-state index is 5.48. The summed E-state index contributed by atoms with van der Waals surface area (Å²) < 4.78 is 11.0. The summed E-state index contributed by atoms with van der Waals surface area (Å²) in [4.78, 5) is 4.68. The predicted molar refractivity (Wildman–Crippen MR) is 196 cm³/mol. The maximum Gasteiger partial charge on any atom is 0.119 e. The fraction of sp³-hybridized carbons (Fsp3) is 0.163. The number of anilines is 6. The van der Waals surface area contributed by atoms with E-state index < -0.39 is 0 Å². The topological polar surface area (TPSA) is 24.9 Å². The molecule has 1 aliphatic rings. The second-order valence-electron chi connectivity index (χ2n) is 12.0. The lowest BCUT2D eigenvalue weighted by Crippen LogP contribution is -2.24. The fourth-order valence-corrected chi connectivity index (χ4v) is 7.27. The molecule has 47 heavy (non-hydrogen) atoms. The Hall–Kier alpha value is -5.48. The maximum atomic E-state index is 5.48. The zero-order valence-corrected chi connectivity index (χ0v) is 27.5. The van der Waals surface area contributed by atoms with Gasteiger partial charge in [0.2, 0.25) is 0 Å². The van der Waals surface area contributed by atoms with Crippen molar-refractivity contribution in [3.8, 4) is 22.6 Å². The average Bonchev–Trinajstić information content (AvgIpc) is 3.42. The highest BCUT2D eigenvalue weighted by atomic mass is 16.5. The van der Waals surface area contributed by atoms with E-state index in [9.17, 15) is 0 Å². The van der Waals surface area contributed by atoms with Gasteiger partial charge in [0.25, 0.3) is 0 Å². The molecule has 6 aromatic carbocycles. The van der Waals surface area contributed by atoms with Crippen LogP contribution in [0.5, 0.6) is 11.5 Å². The molecule has 0 N–H and O–H groups in total. The minimum atomic E-state index is -0.124. The van der Waals surface area contributed by atoms with Crippen LogP contribution in [0, 0.1) is 0 Å². The molecule has 0 atom stereocenters. The van der Waals surface area contributed by atoms with Crippen LogP contribution in [0.25, 0.3) is 11.1 Å². The summed E-state index contributed by atoms with van der Waals surface area (Å²) in [5.41, 5.74) is 12.0. The molecule has 0 saturated carbocycles. The second kappa shape index (κ2) is 12.7. The van der Waals surface area contributed by atoms with Gasteiger partial charge in [-0.2, -0.15) is 0 Å². The Kier molecular flexibility index (Phi) is 8.17. The Labute approximate surface area is 278 Å². The molecular formula is C43H40N2O2. The Morgan fingerprint density at radius 2 is 0.766 bits per heavy atom. The van der Waals surface area contributed by atoms with Crippen molar-refractivity contribution in [1.29, 1.82) is 0 Å². The molecule has 0 radical (unpaired) electrons. The average molecular weight is 617 g/mol. The minimum absolute atomic E-state index is 0.124. The molecular weight excluding hydrogens is 576 g/mol. The molecule has 0 spiro atoms. The molecule has 0 amide bonds. The molecule has 0 bridgehead atoms. The van der Waals surface area contributed by atoms with E-state index in [0.29, 0.717) is 0 Å². The first-order chi connectivity index (χ1) is 23.1. The number of methoxy groups -OCH3 is 2. The first kappa shape index (κ1) is 30.2. The van der Waals surface area contributed by atoms with E-state index in [2.05, 4.69) is 145 Å². The normalized spacial score (nSPS) is 12.6. The van der Waals surface area contributed by atoms with Gasteiger partial charge < -0.3 is 19.3 Å². The quantitative estimate of drug-likeness (QED) is 0.153. The standard InChI is InChI=1S/C43H40N2O2/c1-5-43(6-2)41-29-35(44(31-13-9-7-10-14-31)33-17-23-37(46-3)24-18-33)21-27-39(41)40-28-22-36(30-42(40)43)45(32-15-11-8-12-16-32)34-19-25-38(47-4)26-20-34/h7-30H,5-6H2,1-4H3. The van der Waals surface area contributed by atoms with Crippen molar-refractivity contribution in [2.45, 2.75) is 32.1 Å². The molecule has 0 aliphatic heterocycles. The van der Waals surface area contributed by atoms with Crippen molar-refractivity contribution in [2.75, 3.05) is 24.0 Å². The number of hydrogen-bond acceptors (Lipinski definition) is 4. The summed E-state index contributed by atoms with van der Waals surface area (Å²) in [6.07, 6.45) is 2.00. The molecule has 234 valence electrons. The third-order valence-electron chi connectivity index (χ3n) is 9.74. The van der Waals surface area contributed by atoms with E-state index >= 15 is 0 Å². The van der Waals surface area contributed by atoms with Gasteiger partial charge in [0.1, 0.15) is 11.5 Å². The lowest BCUT2D eigenvalue weighted by Gasteiger charge is -2.33. The van der Waals surface area contributed by atoms with E-state index in [-0.39, 0.29) is 5.41 Å². The fourth-order valence-electron chi connectivity index (χ4n) is 7.27. The molecule has 0 unspecified atom stereocenters.